The number of nitrogens with one attached hydrogen (secondary N) is 2. The fourth-order valence-electron chi connectivity index (χ4n) is 2.49. The molecule has 0 bridgehead atoms. The molecule has 0 saturated heterocycles. The highest BCUT2D eigenvalue weighted by molar-refractivity contribution is 7.18. The maximum Gasteiger partial charge on any atom is 0.265 e. The van der Waals surface area contributed by atoms with Crippen molar-refractivity contribution in [2.45, 2.75) is 38.1 Å². The van der Waals surface area contributed by atoms with Crippen molar-refractivity contribution in [2.24, 2.45) is 0 Å². The van der Waals surface area contributed by atoms with Crippen molar-refractivity contribution < 1.29 is 4.79 Å². The van der Waals surface area contributed by atoms with E-state index in [1.54, 1.807) is 0 Å². The number of carbonyl (C=O) groups is 1. The first-order valence-electron chi connectivity index (χ1n) is 7.44. The van der Waals surface area contributed by atoms with Crippen molar-refractivity contribution in [3.8, 4) is 0 Å². The molecule has 1 amide bonds. The van der Waals surface area contributed by atoms with Gasteiger partial charge in [-0.2, -0.15) is 0 Å². The van der Waals surface area contributed by atoms with Gasteiger partial charge in [-0.25, -0.2) is 4.98 Å². The second-order valence-electron chi connectivity index (χ2n) is 5.82. The molecule has 1 aromatic heterocycles. The molecular formula is C14H25N5OS. The highest BCUT2D eigenvalue weighted by Gasteiger charge is 2.39. The minimum Gasteiger partial charge on any atom is -0.382 e. The summed E-state index contributed by atoms with van der Waals surface area (Å²) in [6, 6.07) is 0. The van der Waals surface area contributed by atoms with Gasteiger partial charge in [0.05, 0.1) is 0 Å². The zero-order valence-corrected chi connectivity index (χ0v) is 13.8. The van der Waals surface area contributed by atoms with Crippen LogP contribution in [0.2, 0.25) is 0 Å². The van der Waals surface area contributed by atoms with Crippen LogP contribution in [-0.4, -0.2) is 48.5 Å². The summed E-state index contributed by atoms with van der Waals surface area (Å²) >= 11 is 1.32. The van der Waals surface area contributed by atoms with E-state index in [1.165, 1.54) is 17.8 Å². The third-order valence-corrected chi connectivity index (χ3v) is 5.22. The summed E-state index contributed by atoms with van der Waals surface area (Å²) in [4.78, 5) is 19.2. The molecule has 21 heavy (non-hydrogen) atoms. The number of hydrogen-bond donors (Lipinski definition) is 3. The summed E-state index contributed by atoms with van der Waals surface area (Å²) < 4.78 is 0. The topological polar surface area (TPSA) is 83.3 Å². The van der Waals surface area contributed by atoms with Gasteiger partial charge in [0.15, 0.2) is 5.13 Å². The fourth-order valence-corrected chi connectivity index (χ4v) is 3.32. The number of thiazole rings is 1. The Balaban J connectivity index is 1.95. The van der Waals surface area contributed by atoms with E-state index >= 15 is 0 Å². The number of amides is 1. The second-order valence-corrected chi connectivity index (χ2v) is 6.81. The largest absolute Gasteiger partial charge is 0.382 e. The van der Waals surface area contributed by atoms with Gasteiger partial charge in [-0.1, -0.05) is 18.3 Å². The highest BCUT2D eigenvalue weighted by Crippen LogP contribution is 2.35. The quantitative estimate of drug-likeness (QED) is 0.715. The normalized spacial score (nSPS) is 16.6. The van der Waals surface area contributed by atoms with Crippen LogP contribution in [0.3, 0.4) is 0 Å². The highest BCUT2D eigenvalue weighted by atomic mass is 32.1. The van der Waals surface area contributed by atoms with Crippen LogP contribution >= 0.6 is 11.3 Å². The van der Waals surface area contributed by atoms with Crippen LogP contribution in [0, 0.1) is 0 Å². The minimum atomic E-state index is -0.123. The molecule has 4 N–H and O–H groups in total. The summed E-state index contributed by atoms with van der Waals surface area (Å²) in [5, 5.41) is 6.89. The van der Waals surface area contributed by atoms with Crippen molar-refractivity contribution in [2.75, 3.05) is 38.2 Å². The minimum absolute atomic E-state index is 0.110. The lowest BCUT2D eigenvalue weighted by molar-refractivity contribution is 0.0559. The number of aromatic nitrogens is 1. The lowest BCUT2D eigenvalue weighted by atomic mass is 9.75. The Morgan fingerprint density at radius 3 is 2.71 bits per heavy atom. The molecule has 0 unspecified atom stereocenters. The molecule has 1 aromatic rings. The summed E-state index contributed by atoms with van der Waals surface area (Å²) in [5.41, 5.74) is 5.96. The second kappa shape index (κ2) is 6.62. The number of rotatable bonds is 7. The standard InChI is InChI=1S/C14H25N5OS/c1-4-8-16-13-18-11(15)10(21-13)12(20)17-9-14(19(2)3)6-5-7-14/h4-9,15H2,1-3H3,(H,16,18)(H,17,20). The molecule has 1 aliphatic carbocycles. The fraction of sp³-hybridized carbons (Fsp3) is 0.714. The molecule has 1 heterocycles. The number of hydrogen-bond acceptors (Lipinski definition) is 6. The first-order chi connectivity index (χ1) is 9.98. The van der Waals surface area contributed by atoms with E-state index in [0.29, 0.717) is 22.4 Å². The number of anilines is 2. The van der Waals surface area contributed by atoms with E-state index in [-0.39, 0.29) is 11.4 Å². The van der Waals surface area contributed by atoms with Crippen LogP contribution in [0.1, 0.15) is 42.3 Å². The summed E-state index contributed by atoms with van der Waals surface area (Å²) in [7, 11) is 4.14. The van der Waals surface area contributed by atoms with Gasteiger partial charge in [0.2, 0.25) is 0 Å². The summed E-state index contributed by atoms with van der Waals surface area (Å²) in [5.74, 6) is 0.186. The van der Waals surface area contributed by atoms with Gasteiger partial charge < -0.3 is 21.3 Å². The van der Waals surface area contributed by atoms with Gasteiger partial charge in [-0.05, 0) is 39.8 Å². The number of likely N-dealkylation sites (N-methyl/N-ethyl adjacent to an activating group) is 1. The average Bonchev–Trinajstić information content (AvgIpc) is 2.75. The number of nitrogens with zero attached hydrogens (tertiary/aromatic N) is 2. The lowest BCUT2D eigenvalue weighted by Crippen LogP contribution is -2.57. The van der Waals surface area contributed by atoms with E-state index in [0.717, 1.165) is 25.8 Å². The summed E-state index contributed by atoms with van der Waals surface area (Å²) in [6.45, 7) is 3.57. The molecule has 118 valence electrons. The zero-order valence-electron chi connectivity index (χ0n) is 13.0. The molecule has 0 aromatic carbocycles. The maximum atomic E-state index is 12.3. The molecule has 1 fully saturated rings. The first kappa shape index (κ1) is 16.0. The van der Waals surface area contributed by atoms with E-state index < -0.39 is 0 Å². The maximum absolute atomic E-state index is 12.3. The third kappa shape index (κ3) is 3.47. The Labute approximate surface area is 130 Å². The monoisotopic (exact) mass is 311 g/mol. The van der Waals surface area contributed by atoms with Crippen LogP contribution < -0.4 is 16.4 Å². The Hall–Kier alpha value is -1.34. The lowest BCUT2D eigenvalue weighted by Gasteiger charge is -2.47. The van der Waals surface area contributed by atoms with E-state index in [4.69, 9.17) is 5.73 Å². The molecule has 2 rings (SSSR count). The first-order valence-corrected chi connectivity index (χ1v) is 8.26. The SMILES string of the molecule is CCCNc1nc(N)c(C(=O)NCC2(N(C)C)CCC2)s1. The number of carbonyl (C=O) groups excluding carboxylic acids is 1. The molecule has 7 heteroatoms. The van der Waals surface area contributed by atoms with Gasteiger partial charge in [0, 0.05) is 18.6 Å². The van der Waals surface area contributed by atoms with Gasteiger partial charge in [0.25, 0.3) is 5.91 Å². The molecular weight excluding hydrogens is 286 g/mol. The smallest absolute Gasteiger partial charge is 0.265 e. The van der Waals surface area contributed by atoms with E-state index in [1.807, 2.05) is 0 Å². The molecule has 0 radical (unpaired) electrons. The van der Waals surface area contributed by atoms with E-state index in [9.17, 15) is 4.79 Å². The van der Waals surface area contributed by atoms with Crippen molar-refractivity contribution in [3.63, 3.8) is 0 Å². The van der Waals surface area contributed by atoms with Gasteiger partial charge in [0.1, 0.15) is 10.7 Å². The van der Waals surface area contributed by atoms with Crippen LogP contribution in [0.25, 0.3) is 0 Å². The molecule has 1 aliphatic rings. The predicted octanol–water partition coefficient (Wildman–Crippen LogP) is 1.76. The molecule has 1 saturated carbocycles. The van der Waals surface area contributed by atoms with Gasteiger partial charge in [-0.3, -0.25) is 4.79 Å². The van der Waals surface area contributed by atoms with E-state index in [2.05, 4.69) is 41.5 Å². The Kier molecular flexibility index (Phi) is 5.05. The van der Waals surface area contributed by atoms with Gasteiger partial charge >= 0.3 is 0 Å². The van der Waals surface area contributed by atoms with Crippen molar-refractivity contribution in [3.05, 3.63) is 4.88 Å². The van der Waals surface area contributed by atoms with Crippen molar-refractivity contribution in [1.82, 2.24) is 15.2 Å². The number of nitrogens with two attached hydrogens (primary N) is 1. The van der Waals surface area contributed by atoms with Crippen LogP contribution in [-0.2, 0) is 0 Å². The molecule has 0 spiro atoms. The Morgan fingerprint density at radius 1 is 1.48 bits per heavy atom. The molecule has 0 aliphatic heterocycles. The van der Waals surface area contributed by atoms with Gasteiger partial charge in [-0.15, -0.1) is 0 Å². The average molecular weight is 311 g/mol. The third-order valence-electron chi connectivity index (χ3n) is 4.20. The summed E-state index contributed by atoms with van der Waals surface area (Å²) in [6.07, 6.45) is 4.48. The Morgan fingerprint density at radius 2 is 2.19 bits per heavy atom. The van der Waals surface area contributed by atoms with Crippen LogP contribution in [0.15, 0.2) is 0 Å². The van der Waals surface area contributed by atoms with Crippen molar-refractivity contribution >= 4 is 28.2 Å². The Bertz CT molecular complexity index is 496. The molecule has 0 atom stereocenters. The molecule has 6 nitrogen and oxygen atoms in total. The van der Waals surface area contributed by atoms with Crippen molar-refractivity contribution in [1.29, 1.82) is 0 Å². The van der Waals surface area contributed by atoms with Crippen LogP contribution in [0.5, 0.6) is 0 Å². The predicted molar refractivity (Wildman–Crippen MR) is 87.9 cm³/mol. The zero-order chi connectivity index (χ0) is 15.5. The van der Waals surface area contributed by atoms with Crippen LogP contribution in [0.4, 0.5) is 10.9 Å². The number of nitrogen functional groups attached to an aromatic ring is 1.